The highest BCUT2D eigenvalue weighted by atomic mass is 79.9. The fourth-order valence-corrected chi connectivity index (χ4v) is 6.22. The molecule has 4 aromatic rings. The van der Waals surface area contributed by atoms with Crippen LogP contribution in [-0.4, -0.2) is 30.8 Å². The molecular weight excluding hydrogens is 536 g/mol. The van der Waals surface area contributed by atoms with Gasteiger partial charge in [-0.05, 0) is 79.3 Å². The molecular formula is C16H8Br2N4O2S3. The van der Waals surface area contributed by atoms with Crippen molar-refractivity contribution >= 4 is 72.3 Å². The van der Waals surface area contributed by atoms with E-state index in [9.17, 15) is 4.79 Å². The molecule has 0 aliphatic rings. The van der Waals surface area contributed by atoms with Gasteiger partial charge in [0.05, 0.1) is 10.4 Å². The van der Waals surface area contributed by atoms with Gasteiger partial charge in [-0.1, -0.05) is 17.4 Å². The second kappa shape index (κ2) is 7.84. The number of carbonyl (C=O) groups is 1. The number of aromatic carboxylic acids is 1. The Morgan fingerprint density at radius 3 is 2.52 bits per heavy atom. The molecule has 136 valence electrons. The Morgan fingerprint density at radius 2 is 1.93 bits per heavy atom. The van der Waals surface area contributed by atoms with Crippen LogP contribution in [0.5, 0.6) is 0 Å². The average Bonchev–Trinajstić information content (AvgIpc) is 3.36. The van der Waals surface area contributed by atoms with E-state index in [4.69, 9.17) is 5.11 Å². The summed E-state index contributed by atoms with van der Waals surface area (Å²) in [7, 11) is 0. The molecule has 0 fully saturated rings. The van der Waals surface area contributed by atoms with Crippen molar-refractivity contribution in [1.82, 2.24) is 19.7 Å². The fourth-order valence-electron chi connectivity index (χ4n) is 2.27. The summed E-state index contributed by atoms with van der Waals surface area (Å²) in [4.78, 5) is 16.6. The summed E-state index contributed by atoms with van der Waals surface area (Å²) < 4.78 is 4.36. The van der Waals surface area contributed by atoms with Crippen LogP contribution in [0, 0.1) is 0 Å². The van der Waals surface area contributed by atoms with Gasteiger partial charge >= 0.3 is 5.97 Å². The SMILES string of the molecule is O=C(O)c1ccc(-n2c(Sc3nc(Br)c(Br)s3)nnc2-c2cccs2)cc1. The second-order valence-electron chi connectivity index (χ2n) is 5.12. The number of carboxylic acids is 1. The molecule has 3 aromatic heterocycles. The van der Waals surface area contributed by atoms with Crippen molar-refractivity contribution in [3.63, 3.8) is 0 Å². The van der Waals surface area contributed by atoms with E-state index in [2.05, 4.69) is 47.0 Å². The van der Waals surface area contributed by atoms with Crippen molar-refractivity contribution in [2.75, 3.05) is 0 Å². The van der Waals surface area contributed by atoms with Crippen molar-refractivity contribution in [2.45, 2.75) is 9.50 Å². The molecule has 0 bridgehead atoms. The molecule has 0 saturated carbocycles. The predicted molar refractivity (Wildman–Crippen MR) is 113 cm³/mol. The first-order valence-electron chi connectivity index (χ1n) is 7.35. The minimum atomic E-state index is -0.962. The van der Waals surface area contributed by atoms with Gasteiger partial charge in [-0.25, -0.2) is 9.78 Å². The minimum absolute atomic E-state index is 0.228. The van der Waals surface area contributed by atoms with Crippen molar-refractivity contribution in [3.05, 3.63) is 55.7 Å². The van der Waals surface area contributed by atoms with Gasteiger partial charge < -0.3 is 5.11 Å². The zero-order valence-corrected chi connectivity index (χ0v) is 18.8. The van der Waals surface area contributed by atoms with Crippen LogP contribution in [0.25, 0.3) is 16.4 Å². The van der Waals surface area contributed by atoms with Gasteiger partial charge in [0.15, 0.2) is 10.2 Å². The van der Waals surface area contributed by atoms with Crippen molar-refractivity contribution in [3.8, 4) is 16.4 Å². The Bertz CT molecular complexity index is 1090. The molecule has 0 saturated heterocycles. The van der Waals surface area contributed by atoms with E-state index in [1.807, 2.05) is 22.1 Å². The molecule has 11 heteroatoms. The monoisotopic (exact) mass is 542 g/mol. The van der Waals surface area contributed by atoms with Crippen LogP contribution >= 0.6 is 66.3 Å². The first-order valence-corrected chi connectivity index (χ1v) is 11.5. The third-order valence-corrected chi connectivity index (χ3v) is 8.40. The molecule has 1 aromatic carbocycles. The lowest BCUT2D eigenvalue weighted by atomic mass is 10.2. The molecule has 0 spiro atoms. The summed E-state index contributed by atoms with van der Waals surface area (Å²) in [5.41, 5.74) is 1.01. The van der Waals surface area contributed by atoms with E-state index >= 15 is 0 Å². The van der Waals surface area contributed by atoms with Crippen LogP contribution in [0.2, 0.25) is 0 Å². The van der Waals surface area contributed by atoms with Crippen LogP contribution in [0.1, 0.15) is 10.4 Å². The number of rotatable bonds is 5. The highest BCUT2D eigenvalue weighted by molar-refractivity contribution is 9.13. The van der Waals surface area contributed by atoms with E-state index in [-0.39, 0.29) is 5.56 Å². The maximum atomic E-state index is 11.1. The number of thiazole rings is 1. The molecule has 0 atom stereocenters. The summed E-state index contributed by atoms with van der Waals surface area (Å²) in [6.45, 7) is 0. The quantitative estimate of drug-likeness (QED) is 0.341. The van der Waals surface area contributed by atoms with Crippen LogP contribution in [-0.2, 0) is 0 Å². The van der Waals surface area contributed by atoms with E-state index < -0.39 is 5.97 Å². The van der Waals surface area contributed by atoms with Gasteiger partial charge in [-0.3, -0.25) is 4.57 Å². The first kappa shape index (κ1) is 18.8. The highest BCUT2D eigenvalue weighted by Crippen LogP contribution is 2.39. The second-order valence-corrected chi connectivity index (χ2v) is 10.3. The highest BCUT2D eigenvalue weighted by Gasteiger charge is 2.19. The Labute approximate surface area is 182 Å². The minimum Gasteiger partial charge on any atom is -0.478 e. The van der Waals surface area contributed by atoms with Gasteiger partial charge in [0, 0.05) is 5.69 Å². The third-order valence-electron chi connectivity index (χ3n) is 3.45. The van der Waals surface area contributed by atoms with Crippen LogP contribution in [0.4, 0.5) is 0 Å². The normalized spacial score (nSPS) is 11.0. The summed E-state index contributed by atoms with van der Waals surface area (Å²) in [5.74, 6) is -0.263. The zero-order valence-electron chi connectivity index (χ0n) is 13.2. The topological polar surface area (TPSA) is 80.9 Å². The number of aromatic nitrogens is 4. The molecule has 0 aliphatic carbocycles. The van der Waals surface area contributed by atoms with Gasteiger partial charge in [-0.2, -0.15) is 0 Å². The number of hydrogen-bond acceptors (Lipinski definition) is 7. The maximum absolute atomic E-state index is 11.1. The predicted octanol–water partition coefficient (Wildman–Crippen LogP) is 5.83. The largest absolute Gasteiger partial charge is 0.478 e. The van der Waals surface area contributed by atoms with Crippen molar-refractivity contribution < 1.29 is 9.90 Å². The van der Waals surface area contributed by atoms with Crippen LogP contribution in [0.15, 0.2) is 59.7 Å². The van der Waals surface area contributed by atoms with Gasteiger partial charge in [0.2, 0.25) is 5.16 Å². The summed E-state index contributed by atoms with van der Waals surface area (Å²) in [6, 6.07) is 10.6. The fraction of sp³-hybridized carbons (Fsp3) is 0. The van der Waals surface area contributed by atoms with E-state index in [0.717, 1.165) is 23.3 Å². The summed E-state index contributed by atoms with van der Waals surface area (Å²) >= 11 is 11.3. The first-order chi connectivity index (χ1) is 13.0. The van der Waals surface area contributed by atoms with Crippen molar-refractivity contribution in [1.29, 1.82) is 0 Å². The average molecular weight is 544 g/mol. The van der Waals surface area contributed by atoms with Crippen LogP contribution in [0.3, 0.4) is 0 Å². The lowest BCUT2D eigenvalue weighted by molar-refractivity contribution is 0.0697. The number of halogens is 2. The van der Waals surface area contributed by atoms with Crippen molar-refractivity contribution in [2.24, 2.45) is 0 Å². The standard InChI is InChI=1S/C16H8Br2N4O2S3/c17-11-12(18)26-16(19-11)27-15-21-20-13(10-2-1-7-25-10)22(15)9-5-3-8(4-6-9)14(23)24/h1-7H,(H,23,24). The number of benzene rings is 1. The van der Waals surface area contributed by atoms with E-state index in [1.165, 1.54) is 23.1 Å². The molecule has 27 heavy (non-hydrogen) atoms. The van der Waals surface area contributed by atoms with E-state index in [0.29, 0.717) is 11.0 Å². The zero-order chi connectivity index (χ0) is 19.0. The molecule has 4 rings (SSSR count). The molecule has 0 aliphatic heterocycles. The van der Waals surface area contributed by atoms with Crippen LogP contribution < -0.4 is 0 Å². The van der Waals surface area contributed by atoms with E-state index in [1.54, 1.807) is 35.6 Å². The Kier molecular flexibility index (Phi) is 5.46. The molecule has 0 amide bonds. The van der Waals surface area contributed by atoms with Gasteiger partial charge in [-0.15, -0.1) is 21.5 Å². The number of carboxylic acid groups (broad SMARTS) is 1. The number of nitrogens with zero attached hydrogens (tertiary/aromatic N) is 4. The summed E-state index contributed by atoms with van der Waals surface area (Å²) in [5, 5.41) is 20.5. The third kappa shape index (κ3) is 3.87. The molecule has 1 N–H and O–H groups in total. The number of thiophene rings is 1. The smallest absolute Gasteiger partial charge is 0.335 e. The Morgan fingerprint density at radius 1 is 1.15 bits per heavy atom. The lowest BCUT2D eigenvalue weighted by Gasteiger charge is -2.09. The number of hydrogen-bond donors (Lipinski definition) is 1. The Balaban J connectivity index is 1.81. The molecule has 0 radical (unpaired) electrons. The molecule has 6 nitrogen and oxygen atoms in total. The van der Waals surface area contributed by atoms with Gasteiger partial charge in [0.25, 0.3) is 0 Å². The summed E-state index contributed by atoms with van der Waals surface area (Å²) in [6.07, 6.45) is 0. The molecule has 0 unspecified atom stereocenters. The Hall–Kier alpha value is -1.53. The maximum Gasteiger partial charge on any atom is 0.335 e. The molecule has 3 heterocycles. The van der Waals surface area contributed by atoms with Gasteiger partial charge in [0.1, 0.15) is 8.39 Å². The lowest BCUT2D eigenvalue weighted by Crippen LogP contribution is -2.01.